The van der Waals surface area contributed by atoms with Crippen LogP contribution in [0.3, 0.4) is 0 Å². The quantitative estimate of drug-likeness (QED) is 0.779. The Bertz CT molecular complexity index is 951. The highest BCUT2D eigenvalue weighted by molar-refractivity contribution is 5.84. The van der Waals surface area contributed by atoms with Gasteiger partial charge in [-0.2, -0.15) is 13.2 Å². The number of carbonyl (C=O) groups excluding carboxylic acids is 1. The van der Waals surface area contributed by atoms with Crippen LogP contribution in [0.15, 0.2) is 35.4 Å². The zero-order valence-corrected chi connectivity index (χ0v) is 15.9. The minimum atomic E-state index is -4.36. The van der Waals surface area contributed by atoms with Crippen LogP contribution in [0.25, 0.3) is 10.9 Å². The Morgan fingerprint density at radius 1 is 1.03 bits per heavy atom. The van der Waals surface area contributed by atoms with Gasteiger partial charge >= 0.3 is 6.18 Å². The van der Waals surface area contributed by atoms with Crippen molar-refractivity contribution in [2.75, 3.05) is 26.2 Å². The smallest absolute Gasteiger partial charge is 0.332 e. The molecule has 2 aromatic rings. The molecule has 0 N–H and O–H groups in total. The van der Waals surface area contributed by atoms with Crippen LogP contribution in [-0.4, -0.2) is 63.7 Å². The Kier molecular flexibility index (Phi) is 5.33. The fraction of sp³-hybridized carbons (Fsp3) is 0.550. The van der Waals surface area contributed by atoms with Gasteiger partial charge in [-0.1, -0.05) is 12.1 Å². The van der Waals surface area contributed by atoms with Gasteiger partial charge in [-0.25, -0.2) is 4.98 Å². The van der Waals surface area contributed by atoms with E-state index in [9.17, 15) is 22.8 Å². The number of carbonyl (C=O) groups is 1. The van der Waals surface area contributed by atoms with Gasteiger partial charge in [0.05, 0.1) is 23.3 Å². The topological polar surface area (TPSA) is 58.4 Å². The highest BCUT2D eigenvalue weighted by Gasteiger charge is 2.42. The van der Waals surface area contributed by atoms with Gasteiger partial charge in [-0.3, -0.25) is 19.1 Å². The lowest BCUT2D eigenvalue weighted by atomic mass is 9.95. The molecule has 0 aliphatic carbocycles. The van der Waals surface area contributed by atoms with E-state index in [0.29, 0.717) is 37.0 Å². The molecular formula is C20H23F3N4O2. The standard InChI is InChI=1S/C20H23F3N4O2/c21-20(22,23)12-26-10-7-17(19(26)29)25-8-5-14(6-9-25)11-27-13-24-16-4-2-1-3-15(16)18(27)28/h1-4,13-14,17H,5-12H2. The maximum absolute atomic E-state index is 12.6. The fourth-order valence-corrected chi connectivity index (χ4v) is 4.40. The predicted molar refractivity (Wildman–Crippen MR) is 101 cm³/mol. The van der Waals surface area contributed by atoms with Crippen molar-refractivity contribution in [1.29, 1.82) is 0 Å². The summed E-state index contributed by atoms with van der Waals surface area (Å²) in [6, 6.07) is 6.77. The van der Waals surface area contributed by atoms with Crippen molar-refractivity contribution in [3.63, 3.8) is 0 Å². The number of amides is 1. The van der Waals surface area contributed by atoms with E-state index in [0.717, 1.165) is 17.7 Å². The molecular weight excluding hydrogens is 385 g/mol. The zero-order chi connectivity index (χ0) is 20.6. The van der Waals surface area contributed by atoms with Crippen molar-refractivity contribution in [3.8, 4) is 0 Å². The van der Waals surface area contributed by atoms with Crippen LogP contribution in [0.4, 0.5) is 13.2 Å². The molecule has 156 valence electrons. The number of nitrogens with zero attached hydrogens (tertiary/aromatic N) is 4. The molecule has 2 aliphatic heterocycles. The van der Waals surface area contributed by atoms with Gasteiger partial charge in [-0.05, 0) is 50.4 Å². The van der Waals surface area contributed by atoms with Gasteiger partial charge in [0.1, 0.15) is 6.54 Å². The summed E-state index contributed by atoms with van der Waals surface area (Å²) in [7, 11) is 0. The molecule has 1 atom stereocenters. The van der Waals surface area contributed by atoms with Gasteiger partial charge < -0.3 is 4.90 Å². The molecule has 1 amide bonds. The molecule has 1 unspecified atom stereocenters. The van der Waals surface area contributed by atoms with Gasteiger partial charge in [0.15, 0.2) is 0 Å². The van der Waals surface area contributed by atoms with Gasteiger partial charge in [0.25, 0.3) is 5.56 Å². The lowest BCUT2D eigenvalue weighted by Gasteiger charge is -2.35. The first-order chi connectivity index (χ1) is 13.8. The van der Waals surface area contributed by atoms with Crippen molar-refractivity contribution in [2.45, 2.75) is 38.0 Å². The van der Waals surface area contributed by atoms with Crippen LogP contribution in [-0.2, 0) is 11.3 Å². The molecule has 29 heavy (non-hydrogen) atoms. The largest absolute Gasteiger partial charge is 0.406 e. The summed E-state index contributed by atoms with van der Waals surface area (Å²) in [5.74, 6) is -0.148. The average molecular weight is 408 g/mol. The molecule has 1 aromatic carbocycles. The first kappa shape index (κ1) is 19.9. The second kappa shape index (κ2) is 7.78. The molecule has 6 nitrogen and oxygen atoms in total. The van der Waals surface area contributed by atoms with Crippen molar-refractivity contribution >= 4 is 16.8 Å². The van der Waals surface area contributed by atoms with Crippen molar-refractivity contribution < 1.29 is 18.0 Å². The van der Waals surface area contributed by atoms with E-state index in [4.69, 9.17) is 0 Å². The summed E-state index contributed by atoms with van der Waals surface area (Å²) in [5.41, 5.74) is 0.610. The Morgan fingerprint density at radius 3 is 2.48 bits per heavy atom. The second-order valence-corrected chi connectivity index (χ2v) is 7.88. The molecule has 0 saturated carbocycles. The molecule has 9 heteroatoms. The third-order valence-electron chi connectivity index (χ3n) is 5.92. The van der Waals surface area contributed by atoms with Crippen molar-refractivity contribution in [3.05, 3.63) is 40.9 Å². The maximum atomic E-state index is 12.6. The SMILES string of the molecule is O=C1C(N2CCC(Cn3cnc4ccccc4c3=O)CC2)CCN1CC(F)(F)F. The van der Waals surface area contributed by atoms with Crippen molar-refractivity contribution in [1.82, 2.24) is 19.4 Å². The summed E-state index contributed by atoms with van der Waals surface area (Å²) in [4.78, 5) is 32.2. The van der Waals surface area contributed by atoms with E-state index in [-0.39, 0.29) is 18.0 Å². The van der Waals surface area contributed by atoms with E-state index >= 15 is 0 Å². The molecule has 1 aromatic heterocycles. The Morgan fingerprint density at radius 2 is 1.76 bits per heavy atom. The van der Waals surface area contributed by atoms with Crippen molar-refractivity contribution in [2.24, 2.45) is 5.92 Å². The first-order valence-electron chi connectivity index (χ1n) is 9.85. The summed E-state index contributed by atoms with van der Waals surface area (Å²) in [6.45, 7) is 0.842. The number of hydrogen-bond acceptors (Lipinski definition) is 4. The van der Waals surface area contributed by atoms with Crippen LogP contribution in [0.5, 0.6) is 0 Å². The fourth-order valence-electron chi connectivity index (χ4n) is 4.40. The molecule has 2 aliphatic rings. The molecule has 4 rings (SSSR count). The van der Waals surface area contributed by atoms with E-state index in [1.807, 2.05) is 17.0 Å². The first-order valence-corrected chi connectivity index (χ1v) is 9.85. The number of hydrogen-bond donors (Lipinski definition) is 0. The molecule has 2 saturated heterocycles. The highest BCUT2D eigenvalue weighted by atomic mass is 19.4. The molecule has 0 radical (unpaired) electrons. The van der Waals surface area contributed by atoms with E-state index < -0.39 is 24.7 Å². The Balaban J connectivity index is 1.35. The Labute approximate surface area is 165 Å². The average Bonchev–Trinajstić information content (AvgIpc) is 3.04. The predicted octanol–water partition coefficient (Wildman–Crippen LogP) is 2.27. The highest BCUT2D eigenvalue weighted by Crippen LogP contribution is 2.27. The number of aromatic nitrogens is 2. The van der Waals surface area contributed by atoms with E-state index in [2.05, 4.69) is 4.98 Å². The molecule has 2 fully saturated rings. The number of fused-ring (bicyclic) bond motifs is 1. The van der Waals surface area contributed by atoms with Crippen LogP contribution < -0.4 is 5.56 Å². The van der Waals surface area contributed by atoms with E-state index in [1.54, 1.807) is 23.0 Å². The number of rotatable bonds is 4. The number of piperidine rings is 1. The molecule has 0 bridgehead atoms. The van der Waals surface area contributed by atoms with Gasteiger partial charge in [-0.15, -0.1) is 0 Å². The number of para-hydroxylation sites is 1. The molecule has 3 heterocycles. The maximum Gasteiger partial charge on any atom is 0.406 e. The molecule has 0 spiro atoms. The third kappa shape index (κ3) is 4.29. The van der Waals surface area contributed by atoms with Crippen LogP contribution in [0.2, 0.25) is 0 Å². The van der Waals surface area contributed by atoms with Gasteiger partial charge in [0.2, 0.25) is 5.91 Å². The van der Waals surface area contributed by atoms with Crippen LogP contribution in [0, 0.1) is 5.92 Å². The number of alkyl halides is 3. The van der Waals surface area contributed by atoms with Crippen LogP contribution >= 0.6 is 0 Å². The summed E-state index contributed by atoms with van der Waals surface area (Å²) < 4.78 is 39.4. The van der Waals surface area contributed by atoms with E-state index in [1.165, 1.54) is 0 Å². The minimum Gasteiger partial charge on any atom is -0.332 e. The lowest BCUT2D eigenvalue weighted by Crippen LogP contribution is -2.47. The number of likely N-dealkylation sites (tertiary alicyclic amines) is 2. The summed E-state index contributed by atoms with van der Waals surface area (Å²) in [5, 5.41) is 0.591. The number of halogens is 3. The second-order valence-electron chi connectivity index (χ2n) is 7.88. The normalized spacial score (nSPS) is 22.0. The van der Waals surface area contributed by atoms with Gasteiger partial charge in [0, 0.05) is 13.1 Å². The Hall–Kier alpha value is -2.42. The summed E-state index contributed by atoms with van der Waals surface area (Å²) >= 11 is 0. The number of benzene rings is 1. The summed E-state index contributed by atoms with van der Waals surface area (Å²) in [6.07, 6.45) is -0.760. The monoisotopic (exact) mass is 408 g/mol. The van der Waals surface area contributed by atoms with Crippen LogP contribution in [0.1, 0.15) is 19.3 Å². The zero-order valence-electron chi connectivity index (χ0n) is 15.9. The third-order valence-corrected chi connectivity index (χ3v) is 5.92. The minimum absolute atomic E-state index is 0.0632. The lowest BCUT2D eigenvalue weighted by molar-refractivity contribution is -0.159.